The van der Waals surface area contributed by atoms with Crippen LogP contribution in [-0.4, -0.2) is 4.57 Å². The number of unbranched alkanes of at least 4 members (excludes halogenated alkanes) is 25. The maximum atomic E-state index is 2.61. The quantitative estimate of drug-likeness (QED) is 0.0648. The fraction of sp³-hybridized carbons (Fsp3) is 0.919. The molecule has 2 nitrogen and oxygen atoms in total. The maximum absolute atomic E-state index is 2.61. The molecule has 0 amide bonds. The lowest BCUT2D eigenvalue weighted by atomic mass is 10.0. The van der Waals surface area contributed by atoms with E-state index in [1.165, 1.54) is 199 Å². The van der Waals surface area contributed by atoms with Crippen LogP contribution in [0.2, 0.25) is 0 Å². The Morgan fingerprint density at radius 3 is 1.21 bits per heavy atom. The summed E-state index contributed by atoms with van der Waals surface area (Å²) in [5.41, 5.74) is 0. The second kappa shape index (κ2) is 28.7. The van der Waals surface area contributed by atoms with Crippen LogP contribution in [0.5, 0.6) is 0 Å². The fourth-order valence-electron chi connectivity index (χ4n) is 6.12. The topological polar surface area (TPSA) is 8.81 Å². The predicted octanol–water partition coefficient (Wildman–Crippen LogP) is 12.3. The van der Waals surface area contributed by atoms with E-state index in [1.807, 2.05) is 0 Å². The van der Waals surface area contributed by atoms with Crippen LogP contribution in [0.25, 0.3) is 0 Å². The van der Waals surface area contributed by atoms with Crippen molar-refractivity contribution < 1.29 is 4.57 Å². The Kier molecular flexibility index (Phi) is 26.7. The highest BCUT2D eigenvalue weighted by Crippen LogP contribution is 2.15. The number of nitrogens with zero attached hydrogens (tertiary/aromatic N) is 2. The average Bonchev–Trinajstić information content (AvgIpc) is 3.33. The summed E-state index contributed by atoms with van der Waals surface area (Å²) in [6.45, 7) is 9.36. The molecule has 1 aromatic rings. The van der Waals surface area contributed by atoms with E-state index in [2.05, 4.69) is 42.3 Å². The summed E-state index contributed by atoms with van der Waals surface area (Å²) in [5.74, 6) is 1.60. The molecular weight excluding hydrogens is 472 g/mol. The third-order valence-corrected chi connectivity index (χ3v) is 8.85. The van der Waals surface area contributed by atoms with E-state index < -0.39 is 0 Å². The molecule has 1 heterocycles. The van der Waals surface area contributed by atoms with Crippen molar-refractivity contribution in [3.63, 3.8) is 0 Å². The molecule has 0 aromatic carbocycles. The number of hydrogen-bond acceptors (Lipinski definition) is 0. The van der Waals surface area contributed by atoms with Crippen LogP contribution in [-0.2, 0) is 19.5 Å². The van der Waals surface area contributed by atoms with Gasteiger partial charge in [-0.3, -0.25) is 0 Å². The zero-order valence-corrected chi connectivity index (χ0v) is 27.5. The number of hydrogen-bond donors (Lipinski definition) is 0. The summed E-state index contributed by atoms with van der Waals surface area (Å²) in [7, 11) is 0. The molecule has 230 valence electrons. The summed E-state index contributed by atoms with van der Waals surface area (Å²) in [4.78, 5) is 0. The Morgan fingerprint density at radius 2 is 0.795 bits per heavy atom. The first kappa shape index (κ1) is 36.2. The second-order valence-electron chi connectivity index (χ2n) is 12.7. The molecule has 0 unspecified atom stereocenters. The lowest BCUT2D eigenvalue weighted by molar-refractivity contribution is -0.704. The minimum Gasteiger partial charge on any atom is -0.234 e. The molecule has 2 heteroatoms. The van der Waals surface area contributed by atoms with Gasteiger partial charge in [-0.05, 0) is 25.7 Å². The van der Waals surface area contributed by atoms with Crippen molar-refractivity contribution in [3.8, 4) is 0 Å². The summed E-state index contributed by atoms with van der Waals surface area (Å²) in [6.07, 6.45) is 46.0. The minimum absolute atomic E-state index is 1.20. The molecule has 0 bridgehead atoms. The van der Waals surface area contributed by atoms with E-state index in [0.717, 1.165) is 0 Å². The molecule has 39 heavy (non-hydrogen) atoms. The molecule has 0 aliphatic carbocycles. The highest BCUT2D eigenvalue weighted by Gasteiger charge is 2.16. The van der Waals surface area contributed by atoms with Gasteiger partial charge in [0, 0.05) is 6.42 Å². The van der Waals surface area contributed by atoms with Crippen molar-refractivity contribution in [3.05, 3.63) is 18.2 Å². The van der Waals surface area contributed by atoms with Gasteiger partial charge in [0.2, 0.25) is 0 Å². The van der Waals surface area contributed by atoms with Gasteiger partial charge in [0.25, 0.3) is 5.82 Å². The highest BCUT2D eigenvalue weighted by atomic mass is 15.1. The fourth-order valence-corrected chi connectivity index (χ4v) is 6.12. The van der Waals surface area contributed by atoms with Gasteiger partial charge in [0.05, 0.1) is 13.1 Å². The SMILES string of the molecule is CCCCCCCCCCCCCCCC[n+]1ccn(CCCC)c1CCCCCCCCCCCCCC. The largest absolute Gasteiger partial charge is 0.256 e. The molecule has 0 aliphatic rings. The second-order valence-corrected chi connectivity index (χ2v) is 12.7. The molecular formula is C37H73N2+. The predicted molar refractivity (Wildman–Crippen MR) is 175 cm³/mol. The van der Waals surface area contributed by atoms with Crippen molar-refractivity contribution in [2.75, 3.05) is 0 Å². The lowest BCUT2D eigenvalue weighted by Gasteiger charge is -2.07. The van der Waals surface area contributed by atoms with Crippen LogP contribution in [0.4, 0.5) is 0 Å². The van der Waals surface area contributed by atoms with Crippen molar-refractivity contribution in [2.45, 2.75) is 220 Å². The van der Waals surface area contributed by atoms with E-state index in [1.54, 1.807) is 5.82 Å². The van der Waals surface area contributed by atoms with E-state index in [0.29, 0.717) is 0 Å². The summed E-state index contributed by atoms with van der Waals surface area (Å²) < 4.78 is 5.18. The Balaban J connectivity index is 2.11. The zero-order chi connectivity index (χ0) is 28.1. The van der Waals surface area contributed by atoms with Crippen LogP contribution in [0, 0.1) is 0 Å². The van der Waals surface area contributed by atoms with Gasteiger partial charge in [0.1, 0.15) is 12.4 Å². The van der Waals surface area contributed by atoms with Gasteiger partial charge in [-0.1, -0.05) is 175 Å². The smallest absolute Gasteiger partial charge is 0.234 e. The summed E-state index contributed by atoms with van der Waals surface area (Å²) in [6, 6.07) is 0. The third-order valence-electron chi connectivity index (χ3n) is 8.85. The number of aryl methyl sites for hydroxylation is 2. The first-order chi connectivity index (χ1) is 19.3. The van der Waals surface area contributed by atoms with Gasteiger partial charge in [0.15, 0.2) is 0 Å². The van der Waals surface area contributed by atoms with Gasteiger partial charge >= 0.3 is 0 Å². The molecule has 0 atom stereocenters. The Labute approximate surface area is 247 Å². The first-order valence-electron chi connectivity index (χ1n) is 18.4. The standard InChI is InChI=1S/C37H73N2/c1-4-7-10-12-14-16-18-20-21-23-25-27-29-31-34-39-36-35-38(33-9-6-3)37(39)32-30-28-26-24-22-19-17-15-13-11-8-5-2/h35-36H,4-34H2,1-3H3/q+1. The zero-order valence-electron chi connectivity index (χ0n) is 27.5. The molecule has 0 aliphatic heterocycles. The van der Waals surface area contributed by atoms with Crippen LogP contribution < -0.4 is 4.57 Å². The van der Waals surface area contributed by atoms with E-state index in [-0.39, 0.29) is 0 Å². The molecule has 0 saturated carbocycles. The summed E-state index contributed by atoms with van der Waals surface area (Å²) in [5, 5.41) is 0. The van der Waals surface area contributed by atoms with Crippen molar-refractivity contribution in [1.29, 1.82) is 0 Å². The number of aromatic nitrogens is 2. The van der Waals surface area contributed by atoms with Gasteiger partial charge < -0.3 is 0 Å². The van der Waals surface area contributed by atoms with Gasteiger partial charge in [-0.25, -0.2) is 9.13 Å². The minimum atomic E-state index is 1.20. The molecule has 0 fully saturated rings. The number of imidazole rings is 1. The molecule has 0 spiro atoms. The molecule has 0 radical (unpaired) electrons. The van der Waals surface area contributed by atoms with E-state index in [4.69, 9.17) is 0 Å². The van der Waals surface area contributed by atoms with Crippen LogP contribution >= 0.6 is 0 Å². The monoisotopic (exact) mass is 546 g/mol. The van der Waals surface area contributed by atoms with Crippen molar-refractivity contribution >= 4 is 0 Å². The lowest BCUT2D eigenvalue weighted by Crippen LogP contribution is -2.37. The molecule has 1 aromatic heterocycles. The Morgan fingerprint density at radius 1 is 0.436 bits per heavy atom. The van der Waals surface area contributed by atoms with Gasteiger partial charge in [-0.15, -0.1) is 0 Å². The van der Waals surface area contributed by atoms with Crippen LogP contribution in [0.1, 0.15) is 206 Å². The van der Waals surface area contributed by atoms with Crippen LogP contribution in [0.3, 0.4) is 0 Å². The Bertz CT molecular complexity index is 605. The number of rotatable bonds is 31. The maximum Gasteiger partial charge on any atom is 0.256 e. The summed E-state index contributed by atoms with van der Waals surface area (Å²) >= 11 is 0. The third kappa shape index (κ3) is 21.6. The average molecular weight is 546 g/mol. The molecule has 0 saturated heterocycles. The van der Waals surface area contributed by atoms with Crippen molar-refractivity contribution in [1.82, 2.24) is 4.57 Å². The molecule has 0 N–H and O–H groups in total. The van der Waals surface area contributed by atoms with Crippen LogP contribution in [0.15, 0.2) is 12.4 Å². The Hall–Kier alpha value is -0.790. The normalized spacial score (nSPS) is 11.6. The van der Waals surface area contributed by atoms with E-state index in [9.17, 15) is 0 Å². The van der Waals surface area contributed by atoms with Crippen molar-refractivity contribution in [2.24, 2.45) is 0 Å². The van der Waals surface area contributed by atoms with E-state index >= 15 is 0 Å². The molecule has 1 rings (SSSR count). The first-order valence-corrected chi connectivity index (χ1v) is 18.4. The van der Waals surface area contributed by atoms with Gasteiger partial charge in [-0.2, -0.15) is 0 Å². The highest BCUT2D eigenvalue weighted by molar-refractivity contribution is 4.84.